The fraction of sp³-hybridized carbons (Fsp3) is 0.333. The molecule has 3 heteroatoms. The van der Waals surface area contributed by atoms with Gasteiger partial charge < -0.3 is 5.43 Å². The van der Waals surface area contributed by atoms with Crippen LogP contribution in [-0.2, 0) is 0 Å². The summed E-state index contributed by atoms with van der Waals surface area (Å²) in [6.45, 7) is 2.04. The molecule has 0 fully saturated rings. The van der Waals surface area contributed by atoms with Gasteiger partial charge in [-0.1, -0.05) is 0 Å². The Labute approximate surface area is 41.1 Å². The largest absolute Gasteiger partial charge is 0.318 e. The second-order valence-electron chi connectivity index (χ2n) is 1.10. The summed E-state index contributed by atoms with van der Waals surface area (Å²) in [7, 11) is 0. The Hall–Kier alpha value is -0.150. The van der Waals surface area contributed by atoms with Crippen LogP contribution in [-0.4, -0.2) is 0 Å². The maximum atomic E-state index is 2.85. The number of nitrogens with one attached hydrogen (secondary N) is 2. The van der Waals surface area contributed by atoms with Gasteiger partial charge in [-0.05, 0) is 18.9 Å². The number of rotatable bonds is 0. The van der Waals surface area contributed by atoms with Crippen molar-refractivity contribution in [1.29, 1.82) is 0 Å². The van der Waals surface area contributed by atoms with Crippen LogP contribution in [0.2, 0.25) is 0 Å². The molecule has 2 nitrogen and oxygen atoms in total. The third kappa shape index (κ3) is 0.666. The molecular weight excluding hydrogens is 96.1 g/mol. The standard InChI is InChI=1S/C3H6N2S/c1-3-2-4-5-6-3/h2,4-5H,1H3. The first-order valence-corrected chi connectivity index (χ1v) is 2.55. The van der Waals surface area contributed by atoms with E-state index in [2.05, 4.69) is 10.3 Å². The van der Waals surface area contributed by atoms with Crippen molar-refractivity contribution in [1.82, 2.24) is 10.3 Å². The second kappa shape index (κ2) is 1.53. The Bertz CT molecular complexity index is 78.9. The fourth-order valence-corrected chi connectivity index (χ4v) is 0.667. The van der Waals surface area contributed by atoms with Crippen molar-refractivity contribution in [3.05, 3.63) is 11.1 Å². The van der Waals surface area contributed by atoms with E-state index in [1.165, 1.54) is 4.91 Å². The number of hydrogen-bond donors (Lipinski definition) is 2. The van der Waals surface area contributed by atoms with E-state index in [1.54, 1.807) is 11.9 Å². The number of allylic oxidation sites excluding steroid dienone is 1. The van der Waals surface area contributed by atoms with E-state index < -0.39 is 0 Å². The minimum Gasteiger partial charge on any atom is -0.318 e. The molecule has 1 rings (SSSR count). The van der Waals surface area contributed by atoms with Crippen LogP contribution in [0, 0.1) is 0 Å². The summed E-state index contributed by atoms with van der Waals surface area (Å²) < 4.78 is 0. The van der Waals surface area contributed by atoms with Gasteiger partial charge in [0.15, 0.2) is 0 Å². The van der Waals surface area contributed by atoms with Crippen molar-refractivity contribution < 1.29 is 0 Å². The van der Waals surface area contributed by atoms with Gasteiger partial charge in [-0.2, -0.15) is 4.83 Å². The van der Waals surface area contributed by atoms with Crippen LogP contribution in [0.5, 0.6) is 0 Å². The van der Waals surface area contributed by atoms with E-state index >= 15 is 0 Å². The highest BCUT2D eigenvalue weighted by atomic mass is 32.2. The normalized spacial score (nSPS) is 19.8. The van der Waals surface area contributed by atoms with Gasteiger partial charge in [-0.3, -0.25) is 0 Å². The molecule has 1 aliphatic heterocycles. The molecule has 1 heterocycles. The molecule has 0 saturated carbocycles. The lowest BCUT2D eigenvalue weighted by Gasteiger charge is -1.83. The predicted octanol–water partition coefficient (Wildman–Crippen LogP) is 0.604. The Morgan fingerprint density at radius 2 is 2.67 bits per heavy atom. The summed E-state index contributed by atoms with van der Waals surface area (Å²) in [6.07, 6.45) is 1.92. The molecule has 0 atom stereocenters. The second-order valence-corrected chi connectivity index (χ2v) is 2.16. The van der Waals surface area contributed by atoms with Crippen molar-refractivity contribution in [3.63, 3.8) is 0 Å². The first-order chi connectivity index (χ1) is 2.89. The third-order valence-electron chi connectivity index (χ3n) is 0.546. The Morgan fingerprint density at radius 1 is 1.83 bits per heavy atom. The molecule has 2 N–H and O–H groups in total. The summed E-state index contributed by atoms with van der Waals surface area (Å²) in [6, 6.07) is 0. The molecule has 0 amide bonds. The van der Waals surface area contributed by atoms with E-state index in [-0.39, 0.29) is 0 Å². The SMILES string of the molecule is CC1=CNNS1. The maximum Gasteiger partial charge on any atom is 0.0240 e. The van der Waals surface area contributed by atoms with Crippen LogP contribution in [0.3, 0.4) is 0 Å². The number of hydrogen-bond acceptors (Lipinski definition) is 3. The van der Waals surface area contributed by atoms with Crippen LogP contribution >= 0.6 is 11.9 Å². The van der Waals surface area contributed by atoms with Crippen LogP contribution < -0.4 is 10.3 Å². The molecule has 0 aliphatic carbocycles. The zero-order valence-electron chi connectivity index (χ0n) is 3.49. The smallest absolute Gasteiger partial charge is 0.0240 e. The van der Waals surface area contributed by atoms with Gasteiger partial charge in [0.2, 0.25) is 0 Å². The van der Waals surface area contributed by atoms with Gasteiger partial charge in [0.1, 0.15) is 0 Å². The van der Waals surface area contributed by atoms with Crippen molar-refractivity contribution >= 4 is 11.9 Å². The summed E-state index contributed by atoms with van der Waals surface area (Å²) in [5, 5.41) is 0. The molecule has 0 aromatic heterocycles. The van der Waals surface area contributed by atoms with Crippen LogP contribution in [0.4, 0.5) is 0 Å². The molecule has 0 aromatic carbocycles. The van der Waals surface area contributed by atoms with E-state index in [4.69, 9.17) is 0 Å². The molecule has 0 aromatic rings. The molecule has 6 heavy (non-hydrogen) atoms. The lowest BCUT2D eigenvalue weighted by Crippen LogP contribution is -2.11. The topological polar surface area (TPSA) is 24.1 Å². The molecule has 0 bridgehead atoms. The Morgan fingerprint density at radius 3 is 2.83 bits per heavy atom. The Balaban J connectivity index is 2.45. The highest BCUT2D eigenvalue weighted by Crippen LogP contribution is 2.10. The molecule has 0 unspecified atom stereocenters. The van der Waals surface area contributed by atoms with Crippen LogP contribution in [0.15, 0.2) is 11.1 Å². The average Bonchev–Trinajstić information content (AvgIpc) is 1.86. The van der Waals surface area contributed by atoms with Crippen molar-refractivity contribution in [2.24, 2.45) is 0 Å². The lowest BCUT2D eigenvalue weighted by molar-refractivity contribution is 0.895. The quantitative estimate of drug-likeness (QED) is 0.438. The minimum atomic E-state index is 1.27. The van der Waals surface area contributed by atoms with E-state index in [0.717, 1.165) is 0 Å². The molecule has 1 aliphatic rings. The average molecular weight is 102 g/mol. The van der Waals surface area contributed by atoms with Crippen molar-refractivity contribution in [2.75, 3.05) is 0 Å². The van der Waals surface area contributed by atoms with Gasteiger partial charge in [0, 0.05) is 11.1 Å². The summed E-state index contributed by atoms with van der Waals surface area (Å²) in [5.74, 6) is 0. The first-order valence-electron chi connectivity index (χ1n) is 1.74. The monoisotopic (exact) mass is 102 g/mol. The first kappa shape index (κ1) is 4.02. The fourth-order valence-electron chi connectivity index (χ4n) is 0.271. The lowest BCUT2D eigenvalue weighted by atomic mass is 10.7. The molecule has 0 saturated heterocycles. The maximum absolute atomic E-state index is 2.85. The number of hydrazine groups is 1. The van der Waals surface area contributed by atoms with Gasteiger partial charge in [-0.15, -0.1) is 0 Å². The zero-order chi connectivity index (χ0) is 4.41. The van der Waals surface area contributed by atoms with E-state index in [1.807, 2.05) is 13.1 Å². The Kier molecular flexibility index (Phi) is 1.03. The zero-order valence-corrected chi connectivity index (χ0v) is 4.30. The highest BCUT2D eigenvalue weighted by Gasteiger charge is 1.92. The predicted molar refractivity (Wildman–Crippen MR) is 27.6 cm³/mol. The van der Waals surface area contributed by atoms with Crippen LogP contribution in [0.25, 0.3) is 0 Å². The molecule has 0 spiro atoms. The third-order valence-corrected chi connectivity index (χ3v) is 1.21. The summed E-state index contributed by atoms with van der Waals surface area (Å²) >= 11 is 1.60. The molecular formula is C3H6N2S. The van der Waals surface area contributed by atoms with E-state index in [9.17, 15) is 0 Å². The van der Waals surface area contributed by atoms with Gasteiger partial charge in [0.25, 0.3) is 0 Å². The summed E-state index contributed by atoms with van der Waals surface area (Å²) in [5.41, 5.74) is 2.82. The van der Waals surface area contributed by atoms with Crippen LogP contribution in [0.1, 0.15) is 6.92 Å². The molecule has 0 radical (unpaired) electrons. The van der Waals surface area contributed by atoms with Crippen molar-refractivity contribution in [2.45, 2.75) is 6.92 Å². The minimum absolute atomic E-state index is 1.27. The van der Waals surface area contributed by atoms with E-state index in [0.29, 0.717) is 0 Å². The molecule has 34 valence electrons. The highest BCUT2D eigenvalue weighted by molar-refractivity contribution is 8.01. The van der Waals surface area contributed by atoms with Gasteiger partial charge in [-0.25, -0.2) is 0 Å². The summed E-state index contributed by atoms with van der Waals surface area (Å²) in [4.78, 5) is 4.12. The van der Waals surface area contributed by atoms with Gasteiger partial charge in [0.05, 0.1) is 0 Å². The van der Waals surface area contributed by atoms with Crippen molar-refractivity contribution in [3.8, 4) is 0 Å². The van der Waals surface area contributed by atoms with Gasteiger partial charge >= 0.3 is 0 Å².